The summed E-state index contributed by atoms with van der Waals surface area (Å²) in [5.74, 6) is 1.86. The average Bonchev–Trinajstić information content (AvgIpc) is 3.16. The number of guanidine groups is 1. The number of rotatable bonds is 12. The van der Waals surface area contributed by atoms with Gasteiger partial charge in [0.15, 0.2) is 5.96 Å². The van der Waals surface area contributed by atoms with Crippen LogP contribution in [0.2, 0.25) is 0 Å². The third-order valence-corrected chi connectivity index (χ3v) is 4.21. The van der Waals surface area contributed by atoms with Gasteiger partial charge in [-0.1, -0.05) is 37.3 Å². The monoisotopic (exact) mass is 500 g/mol. The van der Waals surface area contributed by atoms with E-state index in [4.69, 9.17) is 9.73 Å². The maximum Gasteiger partial charge on any atom is 0.191 e. The van der Waals surface area contributed by atoms with Crippen molar-refractivity contribution in [2.75, 3.05) is 33.4 Å². The van der Waals surface area contributed by atoms with Gasteiger partial charge in [0.2, 0.25) is 0 Å². The van der Waals surface area contributed by atoms with Crippen LogP contribution in [0.3, 0.4) is 0 Å². The fourth-order valence-electron chi connectivity index (χ4n) is 2.75. The number of methoxy groups -OCH3 is 1. The molecule has 0 saturated heterocycles. The first-order valence-corrected chi connectivity index (χ1v) is 9.75. The highest BCUT2D eigenvalue weighted by Gasteiger charge is 2.03. The van der Waals surface area contributed by atoms with Crippen LogP contribution in [0.4, 0.5) is 0 Å². The van der Waals surface area contributed by atoms with Crippen LogP contribution in [0.1, 0.15) is 31.2 Å². The molecule has 0 aliphatic carbocycles. The van der Waals surface area contributed by atoms with Gasteiger partial charge in [0.1, 0.15) is 12.2 Å². The number of nitrogens with one attached hydrogen (secondary N) is 2. The SMILES string of the molecule is CCc1nncn1CCNC(=NCCCc1ccccc1)NCCCOC.I. The second-order valence-electron chi connectivity index (χ2n) is 6.31. The minimum atomic E-state index is 0. The van der Waals surface area contributed by atoms with Crippen molar-refractivity contribution in [2.24, 2.45) is 4.99 Å². The Morgan fingerprint density at radius 3 is 2.68 bits per heavy atom. The summed E-state index contributed by atoms with van der Waals surface area (Å²) in [4.78, 5) is 4.71. The van der Waals surface area contributed by atoms with Crippen molar-refractivity contribution < 1.29 is 4.74 Å². The number of hydrogen-bond acceptors (Lipinski definition) is 4. The second-order valence-corrected chi connectivity index (χ2v) is 6.31. The molecule has 1 heterocycles. The molecule has 0 spiro atoms. The van der Waals surface area contributed by atoms with Crippen molar-refractivity contribution >= 4 is 29.9 Å². The van der Waals surface area contributed by atoms with Crippen molar-refractivity contribution in [1.82, 2.24) is 25.4 Å². The first kappa shape index (κ1) is 24.4. The van der Waals surface area contributed by atoms with E-state index in [1.165, 1.54) is 5.56 Å². The normalized spacial score (nSPS) is 11.1. The number of benzene rings is 1. The van der Waals surface area contributed by atoms with E-state index in [-0.39, 0.29) is 24.0 Å². The predicted molar refractivity (Wildman–Crippen MR) is 124 cm³/mol. The summed E-state index contributed by atoms with van der Waals surface area (Å²) < 4.78 is 7.18. The summed E-state index contributed by atoms with van der Waals surface area (Å²) in [6.07, 6.45) is 5.69. The van der Waals surface area contributed by atoms with E-state index in [1.54, 1.807) is 13.4 Å². The number of halogens is 1. The summed E-state index contributed by atoms with van der Waals surface area (Å²) >= 11 is 0. The quantitative estimate of drug-likeness (QED) is 0.203. The zero-order chi connectivity index (χ0) is 19.2. The molecule has 1 aromatic heterocycles. The molecule has 0 amide bonds. The summed E-state index contributed by atoms with van der Waals surface area (Å²) in [6, 6.07) is 10.5. The Balaban J connectivity index is 0.00000392. The number of aryl methyl sites for hydroxylation is 2. The molecule has 2 N–H and O–H groups in total. The lowest BCUT2D eigenvalue weighted by atomic mass is 10.1. The van der Waals surface area contributed by atoms with Crippen LogP contribution in [0.15, 0.2) is 41.7 Å². The van der Waals surface area contributed by atoms with E-state index in [2.05, 4.69) is 56.6 Å². The van der Waals surface area contributed by atoms with Crippen LogP contribution >= 0.6 is 24.0 Å². The van der Waals surface area contributed by atoms with E-state index >= 15 is 0 Å². The molecule has 0 bridgehead atoms. The molecule has 28 heavy (non-hydrogen) atoms. The second kappa shape index (κ2) is 15.3. The predicted octanol–water partition coefficient (Wildman–Crippen LogP) is 2.66. The lowest BCUT2D eigenvalue weighted by Gasteiger charge is -2.13. The molecule has 0 saturated carbocycles. The minimum absolute atomic E-state index is 0. The van der Waals surface area contributed by atoms with Crippen molar-refractivity contribution in [2.45, 2.75) is 39.2 Å². The van der Waals surface area contributed by atoms with E-state index in [0.29, 0.717) is 0 Å². The fourth-order valence-corrected chi connectivity index (χ4v) is 2.75. The molecule has 0 aliphatic heterocycles. The molecule has 0 unspecified atom stereocenters. The van der Waals surface area contributed by atoms with Crippen LogP contribution in [0, 0.1) is 0 Å². The molecule has 0 aliphatic rings. The van der Waals surface area contributed by atoms with Gasteiger partial charge >= 0.3 is 0 Å². The van der Waals surface area contributed by atoms with Crippen molar-refractivity contribution in [3.63, 3.8) is 0 Å². The molecule has 7 nitrogen and oxygen atoms in total. The number of hydrogen-bond donors (Lipinski definition) is 2. The Kier molecular flexibility index (Phi) is 13.3. The average molecular weight is 500 g/mol. The maximum absolute atomic E-state index is 5.11. The lowest BCUT2D eigenvalue weighted by Crippen LogP contribution is -2.39. The van der Waals surface area contributed by atoms with Crippen LogP contribution in [-0.2, 0) is 24.1 Å². The molecule has 0 atom stereocenters. The van der Waals surface area contributed by atoms with Crippen LogP contribution in [-0.4, -0.2) is 54.1 Å². The number of ether oxygens (including phenoxy) is 1. The number of nitrogens with zero attached hydrogens (tertiary/aromatic N) is 4. The Morgan fingerprint density at radius 2 is 1.93 bits per heavy atom. The molecule has 1 aromatic carbocycles. The van der Waals surface area contributed by atoms with Crippen LogP contribution in [0.5, 0.6) is 0 Å². The van der Waals surface area contributed by atoms with Gasteiger partial charge in [-0.2, -0.15) is 0 Å². The molecule has 0 fully saturated rings. The Hall–Kier alpha value is -1.68. The minimum Gasteiger partial charge on any atom is -0.385 e. The van der Waals surface area contributed by atoms with Gasteiger partial charge in [0.05, 0.1) is 0 Å². The highest BCUT2D eigenvalue weighted by molar-refractivity contribution is 14.0. The van der Waals surface area contributed by atoms with E-state index < -0.39 is 0 Å². The van der Waals surface area contributed by atoms with Gasteiger partial charge in [-0.3, -0.25) is 4.99 Å². The number of aliphatic imine (C=N–C) groups is 1. The van der Waals surface area contributed by atoms with Crippen molar-refractivity contribution in [3.05, 3.63) is 48.0 Å². The molecule has 156 valence electrons. The van der Waals surface area contributed by atoms with Gasteiger partial charge in [0.25, 0.3) is 0 Å². The largest absolute Gasteiger partial charge is 0.385 e. The van der Waals surface area contributed by atoms with Gasteiger partial charge in [0, 0.05) is 46.3 Å². The highest BCUT2D eigenvalue weighted by atomic mass is 127. The zero-order valence-corrected chi connectivity index (χ0v) is 19.3. The highest BCUT2D eigenvalue weighted by Crippen LogP contribution is 2.02. The smallest absolute Gasteiger partial charge is 0.191 e. The first-order valence-electron chi connectivity index (χ1n) is 9.75. The summed E-state index contributed by atoms with van der Waals surface area (Å²) in [5, 5.41) is 14.9. The molecular formula is C20H33IN6O. The Morgan fingerprint density at radius 1 is 1.14 bits per heavy atom. The summed E-state index contributed by atoms with van der Waals surface area (Å²) in [5.41, 5.74) is 1.36. The zero-order valence-electron chi connectivity index (χ0n) is 16.9. The third-order valence-electron chi connectivity index (χ3n) is 4.21. The standard InChI is InChI=1S/C20H32N6O.HI/c1-3-19-25-24-17-26(19)15-14-23-20(22-13-8-16-27-2)21-12-7-11-18-9-5-4-6-10-18;/h4-6,9-10,17H,3,7-8,11-16H2,1-2H3,(H2,21,22,23);1H. The van der Waals surface area contributed by atoms with E-state index in [9.17, 15) is 0 Å². The topological polar surface area (TPSA) is 76.4 Å². The molecule has 8 heteroatoms. The Bertz CT molecular complexity index is 662. The van der Waals surface area contributed by atoms with Gasteiger partial charge in [-0.25, -0.2) is 0 Å². The van der Waals surface area contributed by atoms with E-state index in [1.807, 2.05) is 6.07 Å². The van der Waals surface area contributed by atoms with Gasteiger partial charge in [-0.05, 0) is 24.8 Å². The maximum atomic E-state index is 5.11. The van der Waals surface area contributed by atoms with Crippen LogP contribution < -0.4 is 10.6 Å². The van der Waals surface area contributed by atoms with E-state index in [0.717, 1.165) is 70.3 Å². The third kappa shape index (κ3) is 9.50. The summed E-state index contributed by atoms with van der Waals surface area (Å²) in [7, 11) is 1.72. The van der Waals surface area contributed by atoms with Gasteiger partial charge < -0.3 is 19.9 Å². The number of aromatic nitrogens is 3. The molecule has 0 radical (unpaired) electrons. The Labute approximate surface area is 185 Å². The van der Waals surface area contributed by atoms with Crippen LogP contribution in [0.25, 0.3) is 0 Å². The lowest BCUT2D eigenvalue weighted by molar-refractivity contribution is 0.195. The van der Waals surface area contributed by atoms with Crippen molar-refractivity contribution in [3.8, 4) is 0 Å². The van der Waals surface area contributed by atoms with Gasteiger partial charge in [-0.15, -0.1) is 34.2 Å². The summed E-state index contributed by atoms with van der Waals surface area (Å²) in [6.45, 7) is 6.06. The van der Waals surface area contributed by atoms with Crippen molar-refractivity contribution in [1.29, 1.82) is 0 Å². The molecular weight excluding hydrogens is 467 g/mol. The molecule has 2 rings (SSSR count). The fraction of sp³-hybridized carbons (Fsp3) is 0.550. The molecule has 2 aromatic rings. The first-order chi connectivity index (χ1) is 13.3.